The minimum absolute atomic E-state index is 1.07. The van der Waals surface area contributed by atoms with Crippen LogP contribution in [0.2, 0.25) is 0 Å². The van der Waals surface area contributed by atoms with Gasteiger partial charge < -0.3 is 0 Å². The van der Waals surface area contributed by atoms with Crippen molar-refractivity contribution in [2.24, 2.45) is 4.99 Å². The first-order valence-electron chi connectivity index (χ1n) is 5.54. The molecule has 0 saturated carbocycles. The van der Waals surface area contributed by atoms with E-state index in [9.17, 15) is 0 Å². The van der Waals surface area contributed by atoms with Crippen molar-refractivity contribution < 1.29 is 0 Å². The van der Waals surface area contributed by atoms with Crippen molar-refractivity contribution >= 4 is 6.21 Å². The largest absolute Gasteiger partial charge is 0.299 e. The lowest BCUT2D eigenvalue weighted by Crippen LogP contribution is -2.31. The van der Waals surface area contributed by atoms with Crippen molar-refractivity contribution in [3.8, 4) is 0 Å². The van der Waals surface area contributed by atoms with Gasteiger partial charge in [-0.15, -0.1) is 0 Å². The molecule has 0 aromatic carbocycles. The number of hydrogen-bond acceptors (Lipinski definition) is 2. The van der Waals surface area contributed by atoms with Gasteiger partial charge in [-0.25, -0.2) is 0 Å². The van der Waals surface area contributed by atoms with Crippen LogP contribution in [-0.4, -0.2) is 30.7 Å². The summed E-state index contributed by atoms with van der Waals surface area (Å²) < 4.78 is 0. The topological polar surface area (TPSA) is 15.6 Å². The number of allylic oxidation sites excluding steroid dienone is 2. The van der Waals surface area contributed by atoms with E-state index in [4.69, 9.17) is 0 Å². The first-order valence-corrected chi connectivity index (χ1v) is 5.54. The molecule has 2 aliphatic heterocycles. The van der Waals surface area contributed by atoms with Crippen molar-refractivity contribution in [2.45, 2.75) is 25.7 Å². The van der Waals surface area contributed by atoms with Crippen molar-refractivity contribution in [3.63, 3.8) is 0 Å². The van der Waals surface area contributed by atoms with E-state index in [1.165, 1.54) is 37.9 Å². The van der Waals surface area contributed by atoms with Crippen molar-refractivity contribution in [1.82, 2.24) is 4.90 Å². The van der Waals surface area contributed by atoms with E-state index in [1.54, 1.807) is 0 Å². The highest BCUT2D eigenvalue weighted by Gasteiger charge is 2.10. The van der Waals surface area contributed by atoms with Crippen LogP contribution in [0.4, 0.5) is 0 Å². The zero-order valence-electron chi connectivity index (χ0n) is 8.65. The molecule has 0 amide bonds. The second-order valence-corrected chi connectivity index (χ2v) is 4.05. The van der Waals surface area contributed by atoms with Crippen LogP contribution >= 0.6 is 0 Å². The fourth-order valence-electron chi connectivity index (χ4n) is 2.05. The van der Waals surface area contributed by atoms with Crippen LogP contribution in [0.1, 0.15) is 25.7 Å². The molecule has 2 nitrogen and oxygen atoms in total. The standard InChI is InChI=1S/C12H18N2/c1-2-9-14(10-3-1)11-12-5-4-7-13-8-6-12/h4,6-8H,1-3,5,9-11H2. The predicted octanol–water partition coefficient (Wildman–Crippen LogP) is 2.39. The highest BCUT2D eigenvalue weighted by atomic mass is 15.1. The van der Waals surface area contributed by atoms with E-state index in [0.29, 0.717) is 0 Å². The lowest BCUT2D eigenvalue weighted by atomic mass is 10.1. The molecule has 2 heterocycles. The Hall–Kier alpha value is -0.890. The van der Waals surface area contributed by atoms with Gasteiger partial charge in [-0.05, 0) is 38.4 Å². The van der Waals surface area contributed by atoms with Gasteiger partial charge in [-0.3, -0.25) is 9.89 Å². The third-order valence-electron chi connectivity index (χ3n) is 2.84. The first kappa shape index (κ1) is 9.66. The molecule has 0 spiro atoms. The summed E-state index contributed by atoms with van der Waals surface area (Å²) in [7, 11) is 0. The summed E-state index contributed by atoms with van der Waals surface area (Å²) in [5.41, 5.74) is 1.49. The van der Waals surface area contributed by atoms with Gasteiger partial charge in [0.15, 0.2) is 0 Å². The Kier molecular flexibility index (Phi) is 3.52. The van der Waals surface area contributed by atoms with Gasteiger partial charge in [0.1, 0.15) is 0 Å². The number of piperidine rings is 1. The van der Waals surface area contributed by atoms with E-state index in [0.717, 1.165) is 13.0 Å². The highest BCUT2D eigenvalue weighted by Crippen LogP contribution is 2.13. The monoisotopic (exact) mass is 190 g/mol. The fourth-order valence-corrected chi connectivity index (χ4v) is 2.05. The van der Waals surface area contributed by atoms with Crippen LogP contribution in [-0.2, 0) is 0 Å². The Bertz CT molecular complexity index is 257. The van der Waals surface area contributed by atoms with E-state index in [1.807, 2.05) is 12.4 Å². The first-order chi connectivity index (χ1) is 6.95. The molecule has 1 fully saturated rings. The summed E-state index contributed by atoms with van der Waals surface area (Å²) in [6, 6.07) is 0. The lowest BCUT2D eigenvalue weighted by Gasteiger charge is -2.27. The third-order valence-corrected chi connectivity index (χ3v) is 2.84. The van der Waals surface area contributed by atoms with E-state index in [-0.39, 0.29) is 0 Å². The molecule has 0 bridgehead atoms. The van der Waals surface area contributed by atoms with Crippen molar-refractivity contribution in [2.75, 3.05) is 19.6 Å². The van der Waals surface area contributed by atoms with E-state index in [2.05, 4.69) is 22.0 Å². The number of hydrogen-bond donors (Lipinski definition) is 0. The lowest BCUT2D eigenvalue weighted by molar-refractivity contribution is 0.245. The van der Waals surface area contributed by atoms with Gasteiger partial charge in [0.2, 0.25) is 0 Å². The normalized spacial score (nSPS) is 23.3. The van der Waals surface area contributed by atoms with Crippen LogP contribution in [0.5, 0.6) is 0 Å². The van der Waals surface area contributed by atoms with Gasteiger partial charge in [0.25, 0.3) is 0 Å². The van der Waals surface area contributed by atoms with Crippen LogP contribution < -0.4 is 0 Å². The van der Waals surface area contributed by atoms with Crippen molar-refractivity contribution in [3.05, 3.63) is 23.9 Å². The molecule has 14 heavy (non-hydrogen) atoms. The minimum Gasteiger partial charge on any atom is -0.299 e. The molecule has 0 atom stereocenters. The molecule has 0 aromatic rings. The predicted molar refractivity (Wildman–Crippen MR) is 60.6 cm³/mol. The summed E-state index contributed by atoms with van der Waals surface area (Å²) in [5.74, 6) is 0. The maximum Gasteiger partial charge on any atom is 0.0267 e. The van der Waals surface area contributed by atoms with Crippen LogP contribution in [0.15, 0.2) is 28.9 Å². The summed E-state index contributed by atoms with van der Waals surface area (Å²) in [5, 5.41) is 0. The van der Waals surface area contributed by atoms with E-state index >= 15 is 0 Å². The number of rotatable bonds is 2. The molecule has 0 aromatic heterocycles. The number of nitrogens with zero attached hydrogens (tertiary/aromatic N) is 2. The molecular formula is C12H18N2. The summed E-state index contributed by atoms with van der Waals surface area (Å²) in [4.78, 5) is 6.67. The molecule has 2 heteroatoms. The zero-order chi connectivity index (χ0) is 9.64. The molecular weight excluding hydrogens is 172 g/mol. The Morgan fingerprint density at radius 1 is 1.21 bits per heavy atom. The van der Waals surface area contributed by atoms with Crippen LogP contribution in [0, 0.1) is 0 Å². The number of aliphatic imine (C=N–C) groups is 1. The molecule has 0 N–H and O–H groups in total. The molecule has 76 valence electrons. The summed E-state index contributed by atoms with van der Waals surface area (Å²) in [6.45, 7) is 3.69. The average molecular weight is 190 g/mol. The molecule has 2 rings (SSSR count). The second-order valence-electron chi connectivity index (χ2n) is 4.05. The second kappa shape index (κ2) is 5.11. The highest BCUT2D eigenvalue weighted by molar-refractivity contribution is 5.73. The zero-order valence-corrected chi connectivity index (χ0v) is 8.65. The van der Waals surface area contributed by atoms with Gasteiger partial charge in [-0.2, -0.15) is 0 Å². The Labute approximate surface area is 86.0 Å². The molecule has 0 unspecified atom stereocenters. The molecule has 0 radical (unpaired) electrons. The maximum absolute atomic E-state index is 4.11. The average Bonchev–Trinajstić information content (AvgIpc) is 2.48. The fraction of sp³-hybridized carbons (Fsp3) is 0.583. The van der Waals surface area contributed by atoms with Crippen molar-refractivity contribution in [1.29, 1.82) is 0 Å². The van der Waals surface area contributed by atoms with Gasteiger partial charge in [0, 0.05) is 19.0 Å². The quantitative estimate of drug-likeness (QED) is 0.652. The smallest absolute Gasteiger partial charge is 0.0267 e. The maximum atomic E-state index is 4.11. The Balaban J connectivity index is 1.86. The minimum atomic E-state index is 1.07. The van der Waals surface area contributed by atoms with Gasteiger partial charge in [0.05, 0.1) is 0 Å². The van der Waals surface area contributed by atoms with Crippen LogP contribution in [0.25, 0.3) is 0 Å². The molecule has 0 aliphatic carbocycles. The molecule has 2 aliphatic rings. The molecule has 1 saturated heterocycles. The third kappa shape index (κ3) is 2.81. The van der Waals surface area contributed by atoms with Gasteiger partial charge in [-0.1, -0.05) is 18.1 Å². The Morgan fingerprint density at radius 3 is 2.93 bits per heavy atom. The number of likely N-dealkylation sites (tertiary alicyclic amines) is 1. The van der Waals surface area contributed by atoms with E-state index < -0.39 is 0 Å². The summed E-state index contributed by atoms with van der Waals surface area (Å²) in [6.07, 6.45) is 13.3. The van der Waals surface area contributed by atoms with Crippen LogP contribution in [0.3, 0.4) is 0 Å². The Morgan fingerprint density at radius 2 is 2.07 bits per heavy atom. The van der Waals surface area contributed by atoms with Gasteiger partial charge >= 0.3 is 0 Å². The SMILES string of the molecule is C1=CN=CC=C(CN2CCCCC2)C1. The summed E-state index contributed by atoms with van der Waals surface area (Å²) >= 11 is 0.